The maximum atomic E-state index is 13.1. The van der Waals surface area contributed by atoms with Crippen molar-refractivity contribution in [1.82, 2.24) is 29.5 Å². The molecule has 31 heavy (non-hydrogen) atoms. The molecular formula is C20H25F3N6O2. The third kappa shape index (κ3) is 5.22. The van der Waals surface area contributed by atoms with E-state index in [-0.39, 0.29) is 17.6 Å². The lowest BCUT2D eigenvalue weighted by Crippen LogP contribution is -2.39. The van der Waals surface area contributed by atoms with Crippen molar-refractivity contribution in [1.29, 1.82) is 0 Å². The number of pyridine rings is 1. The molecule has 3 rings (SSSR count). The molecule has 2 aromatic rings. The van der Waals surface area contributed by atoms with Gasteiger partial charge in [0.25, 0.3) is 5.91 Å². The molecule has 2 aromatic heterocycles. The van der Waals surface area contributed by atoms with Crippen LogP contribution in [0.3, 0.4) is 0 Å². The van der Waals surface area contributed by atoms with Gasteiger partial charge in [-0.05, 0) is 25.5 Å². The van der Waals surface area contributed by atoms with Gasteiger partial charge < -0.3 is 9.80 Å². The standard InChI is InChI=1S/C20H25F3N6O2/c1-14-16(12-25-29(14)17-6-5-15(11-24-17)20(21,22)23)19(31)28-8-4-7-27(9-10-28)13-18(30)26(2)3/h5-6,11-12H,4,7-10,13H2,1-3H3. The quantitative estimate of drug-likeness (QED) is 0.728. The van der Waals surface area contributed by atoms with Crippen LogP contribution in [0, 0.1) is 6.92 Å². The Morgan fingerprint density at radius 3 is 2.45 bits per heavy atom. The summed E-state index contributed by atoms with van der Waals surface area (Å²) in [6.45, 7) is 4.32. The zero-order chi connectivity index (χ0) is 22.8. The third-order valence-electron chi connectivity index (χ3n) is 5.27. The second kappa shape index (κ2) is 9.04. The highest BCUT2D eigenvalue weighted by Gasteiger charge is 2.31. The zero-order valence-corrected chi connectivity index (χ0v) is 17.7. The summed E-state index contributed by atoms with van der Waals surface area (Å²) < 4.78 is 39.6. The van der Waals surface area contributed by atoms with Gasteiger partial charge in [-0.25, -0.2) is 9.67 Å². The van der Waals surface area contributed by atoms with E-state index in [0.717, 1.165) is 25.2 Å². The van der Waals surface area contributed by atoms with E-state index in [1.54, 1.807) is 30.8 Å². The van der Waals surface area contributed by atoms with Gasteiger partial charge in [-0.3, -0.25) is 14.5 Å². The molecule has 0 aliphatic carbocycles. The number of likely N-dealkylation sites (N-methyl/N-ethyl adjacent to an activating group) is 1. The van der Waals surface area contributed by atoms with Crippen LogP contribution in [0.1, 0.15) is 28.0 Å². The predicted molar refractivity (Wildman–Crippen MR) is 107 cm³/mol. The first-order valence-electron chi connectivity index (χ1n) is 9.88. The summed E-state index contributed by atoms with van der Waals surface area (Å²) >= 11 is 0. The fourth-order valence-corrected chi connectivity index (χ4v) is 3.36. The molecule has 0 aromatic carbocycles. The van der Waals surface area contributed by atoms with Crippen LogP contribution in [0.15, 0.2) is 24.5 Å². The van der Waals surface area contributed by atoms with Crippen LogP contribution >= 0.6 is 0 Å². The number of amides is 2. The maximum Gasteiger partial charge on any atom is 0.417 e. The van der Waals surface area contributed by atoms with E-state index in [9.17, 15) is 22.8 Å². The number of carbonyl (C=O) groups excluding carboxylic acids is 2. The normalized spacial score (nSPS) is 15.6. The van der Waals surface area contributed by atoms with Crippen molar-refractivity contribution in [2.75, 3.05) is 46.8 Å². The van der Waals surface area contributed by atoms with Crippen molar-refractivity contribution in [3.05, 3.63) is 41.3 Å². The molecule has 2 amide bonds. The van der Waals surface area contributed by atoms with Gasteiger partial charge in [-0.1, -0.05) is 0 Å². The molecule has 1 aliphatic rings. The molecule has 168 valence electrons. The molecule has 1 saturated heterocycles. The lowest BCUT2D eigenvalue weighted by atomic mass is 10.2. The van der Waals surface area contributed by atoms with Crippen molar-refractivity contribution < 1.29 is 22.8 Å². The van der Waals surface area contributed by atoms with Crippen LogP contribution in [0.2, 0.25) is 0 Å². The molecule has 1 aliphatic heterocycles. The Morgan fingerprint density at radius 2 is 1.84 bits per heavy atom. The summed E-state index contributed by atoms with van der Waals surface area (Å²) in [4.78, 5) is 34.1. The van der Waals surface area contributed by atoms with Crippen LogP contribution < -0.4 is 0 Å². The van der Waals surface area contributed by atoms with Crippen molar-refractivity contribution >= 4 is 11.8 Å². The van der Waals surface area contributed by atoms with Crippen molar-refractivity contribution in [2.24, 2.45) is 0 Å². The number of rotatable bonds is 4. The molecule has 0 bridgehead atoms. The van der Waals surface area contributed by atoms with Crippen LogP contribution in [0.25, 0.3) is 5.82 Å². The topological polar surface area (TPSA) is 74.6 Å². The highest BCUT2D eigenvalue weighted by Crippen LogP contribution is 2.29. The summed E-state index contributed by atoms with van der Waals surface area (Å²) in [5, 5.41) is 4.16. The van der Waals surface area contributed by atoms with Gasteiger partial charge in [0.2, 0.25) is 5.91 Å². The summed E-state index contributed by atoms with van der Waals surface area (Å²) in [6.07, 6.45) is -1.57. The molecule has 1 fully saturated rings. The zero-order valence-electron chi connectivity index (χ0n) is 17.7. The minimum absolute atomic E-state index is 0.0148. The Hall–Kier alpha value is -2.95. The second-order valence-electron chi connectivity index (χ2n) is 7.67. The molecule has 0 N–H and O–H groups in total. The smallest absolute Gasteiger partial charge is 0.348 e. The molecule has 0 atom stereocenters. The maximum absolute atomic E-state index is 13.1. The Labute approximate surface area is 178 Å². The molecule has 11 heteroatoms. The largest absolute Gasteiger partial charge is 0.417 e. The monoisotopic (exact) mass is 438 g/mol. The minimum atomic E-state index is -4.47. The van der Waals surface area contributed by atoms with Gasteiger partial charge in [0, 0.05) is 46.5 Å². The number of hydrogen-bond donors (Lipinski definition) is 0. The van der Waals surface area contributed by atoms with Gasteiger partial charge in [-0.15, -0.1) is 0 Å². The summed E-state index contributed by atoms with van der Waals surface area (Å²) in [5.41, 5.74) is 0.0277. The number of hydrogen-bond acceptors (Lipinski definition) is 5. The highest BCUT2D eigenvalue weighted by molar-refractivity contribution is 5.95. The molecular weight excluding hydrogens is 413 g/mol. The Balaban J connectivity index is 1.70. The van der Waals surface area contributed by atoms with E-state index in [4.69, 9.17) is 0 Å². The molecule has 0 unspecified atom stereocenters. The lowest BCUT2D eigenvalue weighted by Gasteiger charge is -2.22. The fourth-order valence-electron chi connectivity index (χ4n) is 3.36. The number of halogens is 3. The number of nitrogens with zero attached hydrogens (tertiary/aromatic N) is 6. The summed E-state index contributed by atoms with van der Waals surface area (Å²) in [7, 11) is 3.42. The molecule has 0 radical (unpaired) electrons. The van der Waals surface area contributed by atoms with E-state index in [2.05, 4.69) is 10.1 Å². The van der Waals surface area contributed by atoms with E-state index in [0.29, 0.717) is 37.4 Å². The molecule has 0 spiro atoms. The Bertz CT molecular complexity index is 939. The van der Waals surface area contributed by atoms with E-state index < -0.39 is 11.7 Å². The van der Waals surface area contributed by atoms with Gasteiger partial charge in [0.1, 0.15) is 0 Å². The first-order valence-corrected chi connectivity index (χ1v) is 9.88. The molecule has 0 saturated carbocycles. The Kier molecular flexibility index (Phi) is 6.63. The second-order valence-corrected chi connectivity index (χ2v) is 7.67. The van der Waals surface area contributed by atoms with E-state index in [1.807, 2.05) is 4.90 Å². The molecule has 8 nitrogen and oxygen atoms in total. The molecule has 3 heterocycles. The predicted octanol–water partition coefficient (Wildman–Crippen LogP) is 1.83. The van der Waals surface area contributed by atoms with Crippen molar-refractivity contribution in [3.63, 3.8) is 0 Å². The number of alkyl halides is 3. The summed E-state index contributed by atoms with van der Waals surface area (Å²) in [6, 6.07) is 2.16. The fraction of sp³-hybridized carbons (Fsp3) is 0.500. The highest BCUT2D eigenvalue weighted by atomic mass is 19.4. The van der Waals surface area contributed by atoms with Gasteiger partial charge in [-0.2, -0.15) is 18.3 Å². The lowest BCUT2D eigenvalue weighted by molar-refractivity contribution is -0.137. The van der Waals surface area contributed by atoms with Crippen molar-refractivity contribution in [3.8, 4) is 5.82 Å². The van der Waals surface area contributed by atoms with E-state index >= 15 is 0 Å². The van der Waals surface area contributed by atoms with Gasteiger partial charge in [0.05, 0.1) is 29.6 Å². The minimum Gasteiger partial charge on any atom is -0.348 e. The number of carbonyl (C=O) groups is 2. The first-order chi connectivity index (χ1) is 14.6. The van der Waals surface area contributed by atoms with Gasteiger partial charge in [0.15, 0.2) is 5.82 Å². The van der Waals surface area contributed by atoms with Crippen LogP contribution in [0.5, 0.6) is 0 Å². The first kappa shape index (κ1) is 22.7. The van der Waals surface area contributed by atoms with Gasteiger partial charge >= 0.3 is 6.18 Å². The Morgan fingerprint density at radius 1 is 1.10 bits per heavy atom. The number of aromatic nitrogens is 3. The van der Waals surface area contributed by atoms with E-state index in [1.165, 1.54) is 16.9 Å². The SMILES string of the molecule is Cc1c(C(=O)N2CCCN(CC(=O)N(C)C)CC2)cnn1-c1ccc(C(F)(F)F)cn1. The van der Waals surface area contributed by atoms with Crippen LogP contribution in [-0.4, -0.2) is 88.1 Å². The van der Waals surface area contributed by atoms with Crippen LogP contribution in [0.4, 0.5) is 13.2 Å². The average molecular weight is 438 g/mol. The van der Waals surface area contributed by atoms with Crippen LogP contribution in [-0.2, 0) is 11.0 Å². The van der Waals surface area contributed by atoms with Crippen molar-refractivity contribution in [2.45, 2.75) is 19.5 Å². The average Bonchev–Trinajstić information content (AvgIpc) is 2.94. The summed E-state index contributed by atoms with van der Waals surface area (Å²) in [5.74, 6) is 0.0196. The third-order valence-corrected chi connectivity index (χ3v) is 5.27.